The second-order valence-corrected chi connectivity index (χ2v) is 5.78. The van der Waals surface area contributed by atoms with Crippen molar-refractivity contribution in [3.8, 4) is 6.07 Å². The van der Waals surface area contributed by atoms with Gasteiger partial charge >= 0.3 is 0 Å². The third kappa shape index (κ3) is 1.99. The summed E-state index contributed by atoms with van der Waals surface area (Å²) in [6, 6.07) is 13.9. The minimum Gasteiger partial charge on any atom is -0.275 e. The summed E-state index contributed by atoms with van der Waals surface area (Å²) in [5.41, 5.74) is 1.58. The van der Waals surface area contributed by atoms with Crippen molar-refractivity contribution in [2.75, 3.05) is 10.8 Å². The first-order chi connectivity index (χ1) is 9.20. The highest BCUT2D eigenvalue weighted by Crippen LogP contribution is 2.27. The molecule has 0 aliphatic carbocycles. The molecule has 5 heteroatoms. The lowest BCUT2D eigenvalue weighted by atomic mass is 10.0. The third-order valence-corrected chi connectivity index (χ3v) is 4.66. The molecule has 0 aromatic heterocycles. The lowest BCUT2D eigenvalue weighted by Gasteiger charge is -2.20. The van der Waals surface area contributed by atoms with Crippen molar-refractivity contribution in [2.24, 2.45) is 0 Å². The maximum atomic E-state index is 11.9. The monoisotopic (exact) mass is 271 g/mol. The van der Waals surface area contributed by atoms with E-state index in [0.29, 0.717) is 12.1 Å². The molecule has 1 heterocycles. The van der Waals surface area contributed by atoms with Crippen LogP contribution in [-0.4, -0.2) is 16.8 Å². The van der Waals surface area contributed by atoms with Gasteiger partial charge in [-0.15, -0.1) is 0 Å². The van der Waals surface area contributed by atoms with Gasteiger partial charge in [-0.1, -0.05) is 18.2 Å². The van der Waals surface area contributed by atoms with E-state index in [1.165, 1.54) is 0 Å². The molecule has 2 unspecified atom stereocenters. The first-order valence-electron chi connectivity index (χ1n) is 6.08. The average molecular weight is 271 g/mol. The van der Waals surface area contributed by atoms with Crippen molar-refractivity contribution in [1.82, 2.24) is 4.72 Å². The van der Waals surface area contributed by atoms with Gasteiger partial charge in [0.2, 0.25) is 0 Å². The van der Waals surface area contributed by atoms with E-state index >= 15 is 0 Å². The van der Waals surface area contributed by atoms with Crippen molar-refractivity contribution in [3.63, 3.8) is 0 Å². The minimum absolute atomic E-state index is 0.192. The van der Waals surface area contributed by atoms with Gasteiger partial charge in [-0.2, -0.15) is 5.26 Å². The van der Waals surface area contributed by atoms with E-state index in [9.17, 15) is 4.21 Å². The Morgan fingerprint density at radius 1 is 1.42 bits per heavy atom. The van der Waals surface area contributed by atoms with Gasteiger partial charge in [0.1, 0.15) is 0 Å². The Bertz CT molecular complexity index is 707. The van der Waals surface area contributed by atoms with E-state index in [2.05, 4.69) is 10.8 Å². The number of nitriles is 1. The Morgan fingerprint density at radius 3 is 2.95 bits per heavy atom. The lowest BCUT2D eigenvalue weighted by Crippen LogP contribution is -2.28. The first kappa shape index (κ1) is 12.2. The van der Waals surface area contributed by atoms with Gasteiger partial charge in [0, 0.05) is 6.54 Å². The maximum Gasteiger partial charge on any atom is 0.196 e. The summed E-state index contributed by atoms with van der Waals surface area (Å²) < 4.78 is 16.7. The second-order valence-electron chi connectivity index (χ2n) is 4.60. The number of nitrogens with zero attached hydrogens (tertiary/aromatic N) is 2. The number of fused-ring (bicyclic) bond motifs is 1. The Kier molecular flexibility index (Phi) is 2.97. The molecule has 19 heavy (non-hydrogen) atoms. The van der Waals surface area contributed by atoms with Crippen LogP contribution in [0.3, 0.4) is 0 Å². The molecule has 0 spiro atoms. The zero-order valence-electron chi connectivity index (χ0n) is 10.5. The van der Waals surface area contributed by atoms with Crippen LogP contribution in [0.2, 0.25) is 0 Å². The smallest absolute Gasteiger partial charge is 0.196 e. The number of anilines is 1. The molecule has 0 amide bonds. The highest BCUT2D eigenvalue weighted by atomic mass is 32.2. The number of rotatable bonds is 1. The fourth-order valence-corrected chi connectivity index (χ4v) is 3.59. The zero-order valence-corrected chi connectivity index (χ0v) is 11.3. The van der Waals surface area contributed by atoms with Crippen LogP contribution in [0.25, 0.3) is 10.8 Å². The van der Waals surface area contributed by atoms with E-state index < -0.39 is 11.2 Å². The minimum atomic E-state index is -1.17. The lowest BCUT2D eigenvalue weighted by molar-refractivity contribution is 0.680. The third-order valence-electron chi connectivity index (χ3n) is 3.32. The number of hydrogen-bond donors (Lipinski definition) is 1. The topological polar surface area (TPSA) is 56.1 Å². The summed E-state index contributed by atoms with van der Waals surface area (Å²) in [5.74, 6) is 0. The molecule has 2 aromatic rings. The summed E-state index contributed by atoms with van der Waals surface area (Å²) in [7, 11) is 0. The summed E-state index contributed by atoms with van der Waals surface area (Å²) in [6.07, 6.45) is 0. The molecule has 1 aliphatic rings. The van der Waals surface area contributed by atoms with Crippen LogP contribution >= 0.6 is 0 Å². The van der Waals surface area contributed by atoms with E-state index in [1.54, 1.807) is 6.07 Å². The molecule has 4 nitrogen and oxygen atoms in total. The number of benzene rings is 2. The quantitative estimate of drug-likeness (QED) is 0.863. The number of nitrogens with one attached hydrogen (secondary N) is 1. The Labute approximate surface area is 114 Å². The van der Waals surface area contributed by atoms with Gasteiger partial charge < -0.3 is 0 Å². The van der Waals surface area contributed by atoms with Crippen LogP contribution in [0, 0.1) is 11.3 Å². The van der Waals surface area contributed by atoms with Crippen molar-refractivity contribution in [2.45, 2.75) is 13.0 Å². The standard InChI is InChI=1S/C14H13N3OS/c1-10-9-16-19(18)17(10)13-5-6-14-11(7-13)3-2-4-12(14)8-15/h2-7,10,16H,9H2,1H3. The maximum absolute atomic E-state index is 11.9. The van der Waals surface area contributed by atoms with E-state index in [0.717, 1.165) is 16.5 Å². The molecule has 96 valence electrons. The molecule has 0 saturated carbocycles. The van der Waals surface area contributed by atoms with Crippen molar-refractivity contribution < 1.29 is 4.21 Å². The van der Waals surface area contributed by atoms with Gasteiger partial charge in [-0.05, 0) is 35.9 Å². The predicted octanol–water partition coefficient (Wildman–Crippen LogP) is 2.09. The van der Waals surface area contributed by atoms with E-state index in [-0.39, 0.29) is 6.04 Å². The molecular weight excluding hydrogens is 258 g/mol. The van der Waals surface area contributed by atoms with Gasteiger partial charge in [-0.25, -0.2) is 8.93 Å². The average Bonchev–Trinajstić information content (AvgIpc) is 2.77. The van der Waals surface area contributed by atoms with Crippen LogP contribution in [-0.2, 0) is 11.2 Å². The normalized spacial score (nSPS) is 22.6. The summed E-state index contributed by atoms with van der Waals surface area (Å²) >= 11 is -1.17. The van der Waals surface area contributed by atoms with Gasteiger partial charge in [0.05, 0.1) is 23.4 Å². The Morgan fingerprint density at radius 2 is 2.26 bits per heavy atom. The second kappa shape index (κ2) is 4.65. The molecule has 0 bridgehead atoms. The van der Waals surface area contributed by atoms with E-state index in [4.69, 9.17) is 5.26 Å². The molecule has 1 aliphatic heterocycles. The van der Waals surface area contributed by atoms with Crippen LogP contribution in [0.4, 0.5) is 5.69 Å². The van der Waals surface area contributed by atoms with Gasteiger partial charge in [0.15, 0.2) is 11.2 Å². The molecule has 1 fully saturated rings. The van der Waals surface area contributed by atoms with Crippen molar-refractivity contribution >= 4 is 27.6 Å². The van der Waals surface area contributed by atoms with E-state index in [1.807, 2.05) is 41.6 Å². The van der Waals surface area contributed by atoms with Crippen molar-refractivity contribution in [3.05, 3.63) is 42.0 Å². The molecule has 1 N–H and O–H groups in total. The van der Waals surface area contributed by atoms with Gasteiger partial charge in [-0.3, -0.25) is 4.31 Å². The summed E-state index contributed by atoms with van der Waals surface area (Å²) in [4.78, 5) is 0. The van der Waals surface area contributed by atoms with Crippen LogP contribution in [0.5, 0.6) is 0 Å². The predicted molar refractivity (Wildman–Crippen MR) is 76.7 cm³/mol. The Balaban J connectivity index is 2.13. The first-order valence-corrected chi connectivity index (χ1v) is 7.19. The van der Waals surface area contributed by atoms with Crippen molar-refractivity contribution in [1.29, 1.82) is 5.26 Å². The fourth-order valence-electron chi connectivity index (χ4n) is 2.36. The highest BCUT2D eigenvalue weighted by molar-refractivity contribution is 7.84. The summed E-state index contributed by atoms with van der Waals surface area (Å²) in [5, 5.41) is 11.0. The van der Waals surface area contributed by atoms with Crippen LogP contribution in [0.15, 0.2) is 36.4 Å². The summed E-state index contributed by atoms with van der Waals surface area (Å²) in [6.45, 7) is 2.75. The molecular formula is C14H13N3OS. The van der Waals surface area contributed by atoms with Crippen LogP contribution < -0.4 is 9.03 Å². The van der Waals surface area contributed by atoms with Gasteiger partial charge in [0.25, 0.3) is 0 Å². The fraction of sp³-hybridized carbons (Fsp3) is 0.214. The largest absolute Gasteiger partial charge is 0.275 e. The molecule has 2 atom stereocenters. The Hall–Kier alpha value is -1.90. The number of hydrogen-bond acceptors (Lipinski definition) is 2. The molecule has 2 aromatic carbocycles. The molecule has 1 saturated heterocycles. The zero-order chi connectivity index (χ0) is 13.4. The molecule has 0 radical (unpaired) electrons. The SMILES string of the molecule is CC1CNS(=O)N1c1ccc2c(C#N)cccc2c1. The molecule has 3 rings (SSSR count). The van der Waals surface area contributed by atoms with Crippen LogP contribution in [0.1, 0.15) is 12.5 Å². The highest BCUT2D eigenvalue weighted by Gasteiger charge is 2.27.